The van der Waals surface area contributed by atoms with E-state index in [4.69, 9.17) is 9.47 Å². The Labute approximate surface area is 166 Å². The number of ether oxygens (including phenoxy) is 2. The van der Waals surface area contributed by atoms with E-state index in [2.05, 4.69) is 0 Å². The number of nitrogens with zero attached hydrogens (tertiary/aromatic N) is 3. The van der Waals surface area contributed by atoms with Crippen LogP contribution >= 0.6 is 0 Å². The van der Waals surface area contributed by atoms with Crippen molar-refractivity contribution in [3.63, 3.8) is 0 Å². The molecule has 154 valence electrons. The fraction of sp³-hybridized carbons (Fsp3) is 0.714. The first-order valence-corrected chi connectivity index (χ1v) is 10.5. The number of carbonyl (C=O) groups is 2. The van der Waals surface area contributed by atoms with Crippen LogP contribution in [0.3, 0.4) is 0 Å². The maximum absolute atomic E-state index is 13.0. The van der Waals surface area contributed by atoms with Gasteiger partial charge in [-0.25, -0.2) is 0 Å². The van der Waals surface area contributed by atoms with Crippen molar-refractivity contribution in [3.05, 3.63) is 24.5 Å². The summed E-state index contributed by atoms with van der Waals surface area (Å²) in [5, 5.41) is 0. The van der Waals surface area contributed by atoms with Crippen molar-refractivity contribution in [2.75, 3.05) is 46.0 Å². The third-order valence-electron chi connectivity index (χ3n) is 6.55. The third-order valence-corrected chi connectivity index (χ3v) is 6.55. The SMILES string of the molecule is CC(C(=O)N1CCOC2(CCN(C(=O)C3CCOCC3)CC2)C1)n1cccc1. The molecule has 1 unspecified atom stereocenters. The minimum atomic E-state index is -0.309. The molecule has 1 atom stereocenters. The summed E-state index contributed by atoms with van der Waals surface area (Å²) in [5.74, 6) is 0.512. The molecule has 4 heterocycles. The van der Waals surface area contributed by atoms with Crippen LogP contribution in [0.25, 0.3) is 0 Å². The van der Waals surface area contributed by atoms with Crippen molar-refractivity contribution < 1.29 is 19.1 Å². The van der Waals surface area contributed by atoms with Gasteiger partial charge in [0.1, 0.15) is 6.04 Å². The average Bonchev–Trinajstić information content (AvgIpc) is 3.28. The predicted octanol–water partition coefficient (Wildman–Crippen LogP) is 1.70. The van der Waals surface area contributed by atoms with E-state index in [1.54, 1.807) is 0 Å². The van der Waals surface area contributed by atoms with E-state index in [9.17, 15) is 9.59 Å². The second-order valence-corrected chi connectivity index (χ2v) is 8.31. The normalized spacial score (nSPS) is 24.3. The van der Waals surface area contributed by atoms with Crippen molar-refractivity contribution in [1.29, 1.82) is 0 Å². The minimum Gasteiger partial charge on any atom is -0.381 e. The van der Waals surface area contributed by atoms with Crippen LogP contribution in [-0.4, -0.2) is 77.8 Å². The molecule has 7 heteroatoms. The Morgan fingerprint density at radius 3 is 2.36 bits per heavy atom. The van der Waals surface area contributed by atoms with Gasteiger partial charge in [-0.2, -0.15) is 0 Å². The molecule has 0 aliphatic carbocycles. The molecule has 3 fully saturated rings. The summed E-state index contributed by atoms with van der Waals surface area (Å²) < 4.78 is 13.5. The highest BCUT2D eigenvalue weighted by atomic mass is 16.5. The first-order valence-electron chi connectivity index (χ1n) is 10.5. The summed E-state index contributed by atoms with van der Waals surface area (Å²) in [6, 6.07) is 3.67. The summed E-state index contributed by atoms with van der Waals surface area (Å²) >= 11 is 0. The van der Waals surface area contributed by atoms with Crippen molar-refractivity contribution in [1.82, 2.24) is 14.4 Å². The van der Waals surface area contributed by atoms with Gasteiger partial charge in [0.15, 0.2) is 0 Å². The number of aromatic nitrogens is 1. The predicted molar refractivity (Wildman–Crippen MR) is 104 cm³/mol. The van der Waals surface area contributed by atoms with Gasteiger partial charge < -0.3 is 23.8 Å². The third kappa shape index (κ3) is 3.96. The molecule has 7 nitrogen and oxygen atoms in total. The van der Waals surface area contributed by atoms with E-state index in [1.807, 2.05) is 45.8 Å². The van der Waals surface area contributed by atoms with Gasteiger partial charge in [0, 0.05) is 57.7 Å². The monoisotopic (exact) mass is 389 g/mol. The second kappa shape index (κ2) is 8.25. The standard InChI is InChI=1S/C21H31N3O4/c1-17(22-8-2-3-9-22)19(25)24-12-15-28-21(16-24)6-10-23(11-7-21)20(26)18-4-13-27-14-5-18/h2-3,8-9,17-18H,4-7,10-16H2,1H3. The zero-order valence-corrected chi connectivity index (χ0v) is 16.7. The molecule has 0 radical (unpaired) electrons. The zero-order valence-electron chi connectivity index (χ0n) is 16.7. The molecule has 1 spiro atoms. The second-order valence-electron chi connectivity index (χ2n) is 8.31. The topological polar surface area (TPSA) is 64.0 Å². The quantitative estimate of drug-likeness (QED) is 0.789. The summed E-state index contributed by atoms with van der Waals surface area (Å²) in [7, 11) is 0. The van der Waals surface area contributed by atoms with Crippen LogP contribution in [0, 0.1) is 5.92 Å². The van der Waals surface area contributed by atoms with Crippen LogP contribution < -0.4 is 0 Å². The Morgan fingerprint density at radius 2 is 1.68 bits per heavy atom. The maximum atomic E-state index is 13.0. The number of morpholine rings is 1. The molecule has 0 bridgehead atoms. The highest BCUT2D eigenvalue weighted by Crippen LogP contribution is 2.32. The molecular weight excluding hydrogens is 358 g/mol. The van der Waals surface area contributed by atoms with E-state index >= 15 is 0 Å². The molecular formula is C21H31N3O4. The Balaban J connectivity index is 1.34. The zero-order chi connectivity index (χ0) is 19.6. The fourth-order valence-corrected chi connectivity index (χ4v) is 4.67. The number of likely N-dealkylation sites (tertiary alicyclic amines) is 1. The Kier molecular flexibility index (Phi) is 5.73. The van der Waals surface area contributed by atoms with Gasteiger partial charge in [0.2, 0.25) is 11.8 Å². The van der Waals surface area contributed by atoms with Gasteiger partial charge in [0.25, 0.3) is 0 Å². The Hall–Kier alpha value is -1.86. The Bertz CT molecular complexity index is 676. The number of hydrogen-bond acceptors (Lipinski definition) is 4. The Morgan fingerprint density at radius 1 is 1.00 bits per heavy atom. The molecule has 0 N–H and O–H groups in total. The van der Waals surface area contributed by atoms with E-state index in [-0.39, 0.29) is 29.4 Å². The summed E-state index contributed by atoms with van der Waals surface area (Å²) in [6.45, 7) is 6.57. The molecule has 3 aliphatic heterocycles. The van der Waals surface area contributed by atoms with Gasteiger partial charge >= 0.3 is 0 Å². The molecule has 3 aliphatic rings. The highest BCUT2D eigenvalue weighted by molar-refractivity contribution is 5.80. The number of rotatable bonds is 3. The van der Waals surface area contributed by atoms with Crippen molar-refractivity contribution >= 4 is 11.8 Å². The molecule has 1 aromatic rings. The van der Waals surface area contributed by atoms with Gasteiger partial charge in [-0.3, -0.25) is 9.59 Å². The van der Waals surface area contributed by atoms with Gasteiger partial charge in [-0.05, 0) is 44.7 Å². The molecule has 3 saturated heterocycles. The van der Waals surface area contributed by atoms with Gasteiger partial charge in [0.05, 0.1) is 12.2 Å². The molecule has 0 aromatic carbocycles. The molecule has 28 heavy (non-hydrogen) atoms. The smallest absolute Gasteiger partial charge is 0.245 e. The molecule has 4 rings (SSSR count). The largest absolute Gasteiger partial charge is 0.381 e. The highest BCUT2D eigenvalue weighted by Gasteiger charge is 2.43. The van der Waals surface area contributed by atoms with Crippen LogP contribution in [-0.2, 0) is 19.1 Å². The van der Waals surface area contributed by atoms with Crippen molar-refractivity contribution in [2.24, 2.45) is 5.92 Å². The van der Waals surface area contributed by atoms with Gasteiger partial charge in [-0.15, -0.1) is 0 Å². The number of amides is 2. The number of carbonyl (C=O) groups excluding carboxylic acids is 2. The molecule has 0 saturated carbocycles. The first kappa shape index (κ1) is 19.5. The van der Waals surface area contributed by atoms with Crippen LogP contribution in [0.5, 0.6) is 0 Å². The van der Waals surface area contributed by atoms with Gasteiger partial charge in [-0.1, -0.05) is 0 Å². The average molecular weight is 389 g/mol. The van der Waals surface area contributed by atoms with Crippen molar-refractivity contribution in [2.45, 2.75) is 44.2 Å². The molecule has 2 amide bonds. The summed E-state index contributed by atoms with van der Waals surface area (Å²) in [6.07, 6.45) is 7.11. The number of hydrogen-bond donors (Lipinski definition) is 0. The van der Waals surface area contributed by atoms with E-state index in [0.29, 0.717) is 46.0 Å². The van der Waals surface area contributed by atoms with Crippen LogP contribution in [0.4, 0.5) is 0 Å². The van der Waals surface area contributed by atoms with E-state index in [1.165, 1.54) is 0 Å². The van der Waals surface area contributed by atoms with E-state index < -0.39 is 0 Å². The first-order chi connectivity index (χ1) is 13.6. The number of piperidine rings is 1. The van der Waals surface area contributed by atoms with Crippen LogP contribution in [0.1, 0.15) is 38.6 Å². The lowest BCUT2D eigenvalue weighted by atomic mass is 9.88. The fourth-order valence-electron chi connectivity index (χ4n) is 4.67. The lowest BCUT2D eigenvalue weighted by molar-refractivity contribution is -0.166. The lowest BCUT2D eigenvalue weighted by Crippen LogP contribution is -2.59. The summed E-state index contributed by atoms with van der Waals surface area (Å²) in [4.78, 5) is 29.7. The van der Waals surface area contributed by atoms with Crippen molar-refractivity contribution in [3.8, 4) is 0 Å². The maximum Gasteiger partial charge on any atom is 0.245 e. The summed E-state index contributed by atoms with van der Waals surface area (Å²) in [5.41, 5.74) is -0.309. The minimum absolute atomic E-state index is 0.107. The van der Waals surface area contributed by atoms with Crippen LogP contribution in [0.2, 0.25) is 0 Å². The van der Waals surface area contributed by atoms with Crippen LogP contribution in [0.15, 0.2) is 24.5 Å². The lowest BCUT2D eigenvalue weighted by Gasteiger charge is -2.48. The molecule has 1 aromatic heterocycles. The van der Waals surface area contributed by atoms with E-state index in [0.717, 1.165) is 25.7 Å².